The van der Waals surface area contributed by atoms with Crippen LogP contribution in [0.15, 0.2) is 24.3 Å². The topological polar surface area (TPSA) is 57.6 Å². The molecule has 1 aromatic carbocycles. The predicted octanol–water partition coefficient (Wildman–Crippen LogP) is 2.96. The average molecular weight is 287 g/mol. The van der Waals surface area contributed by atoms with Crippen LogP contribution in [0.1, 0.15) is 41.8 Å². The summed E-state index contributed by atoms with van der Waals surface area (Å²) in [6.45, 7) is 7.78. The molecule has 0 aliphatic carbocycles. The predicted molar refractivity (Wildman–Crippen MR) is 82.2 cm³/mol. The Labute approximate surface area is 125 Å². The van der Waals surface area contributed by atoms with Crippen molar-refractivity contribution in [1.82, 2.24) is 4.90 Å². The maximum Gasteiger partial charge on any atom is 0.328 e. The number of carbonyl (C=O) groups is 2. The molecule has 0 radical (unpaired) electrons. The molecule has 0 aromatic heterocycles. The van der Waals surface area contributed by atoms with Crippen LogP contribution in [-0.2, 0) is 4.79 Å². The molecule has 1 aliphatic rings. The van der Waals surface area contributed by atoms with Gasteiger partial charge in [-0.2, -0.15) is 0 Å². The van der Waals surface area contributed by atoms with Gasteiger partial charge in [-0.1, -0.05) is 26.0 Å². The molecule has 0 spiro atoms. The molecule has 2 rings (SSSR count). The molecule has 4 nitrogen and oxygen atoms in total. The summed E-state index contributed by atoms with van der Waals surface area (Å²) in [6.07, 6.45) is 3.60. The first-order chi connectivity index (χ1) is 9.78. The number of amides is 1. The van der Waals surface area contributed by atoms with Crippen molar-refractivity contribution in [3.8, 4) is 0 Å². The van der Waals surface area contributed by atoms with Gasteiger partial charge in [-0.15, -0.1) is 0 Å². The summed E-state index contributed by atoms with van der Waals surface area (Å²) in [4.78, 5) is 25.1. The van der Waals surface area contributed by atoms with Crippen molar-refractivity contribution in [3.05, 3.63) is 41.0 Å². The summed E-state index contributed by atoms with van der Waals surface area (Å²) >= 11 is 0. The van der Waals surface area contributed by atoms with Crippen LogP contribution < -0.4 is 0 Å². The minimum absolute atomic E-state index is 0.0312. The zero-order valence-corrected chi connectivity index (χ0v) is 12.7. The van der Waals surface area contributed by atoms with Crippen LogP contribution in [-0.4, -0.2) is 35.0 Å². The second-order valence-electron chi connectivity index (χ2n) is 6.39. The van der Waals surface area contributed by atoms with E-state index in [2.05, 4.69) is 13.8 Å². The number of carboxylic acids is 1. The first-order valence-electron chi connectivity index (χ1n) is 7.09. The lowest BCUT2D eigenvalue weighted by Crippen LogP contribution is -2.30. The van der Waals surface area contributed by atoms with Crippen molar-refractivity contribution >= 4 is 18.0 Å². The van der Waals surface area contributed by atoms with E-state index in [-0.39, 0.29) is 11.3 Å². The van der Waals surface area contributed by atoms with Crippen LogP contribution in [0.25, 0.3) is 6.08 Å². The summed E-state index contributed by atoms with van der Waals surface area (Å²) in [6, 6.07) is 5.44. The normalized spacial score (nSPS) is 17.4. The fraction of sp³-hybridized carbons (Fsp3) is 0.412. The molecule has 4 heteroatoms. The van der Waals surface area contributed by atoms with E-state index in [9.17, 15) is 9.59 Å². The van der Waals surface area contributed by atoms with Gasteiger partial charge in [0.2, 0.25) is 0 Å². The third-order valence-corrected chi connectivity index (χ3v) is 3.87. The maximum atomic E-state index is 12.6. The first-order valence-corrected chi connectivity index (χ1v) is 7.09. The van der Waals surface area contributed by atoms with Crippen LogP contribution in [0.3, 0.4) is 0 Å². The molecule has 21 heavy (non-hydrogen) atoms. The number of aliphatic carboxylic acids is 1. The van der Waals surface area contributed by atoms with Crippen LogP contribution in [0.5, 0.6) is 0 Å². The minimum atomic E-state index is -0.996. The molecule has 0 bridgehead atoms. The Morgan fingerprint density at radius 1 is 1.33 bits per heavy atom. The number of benzene rings is 1. The van der Waals surface area contributed by atoms with Gasteiger partial charge in [0.25, 0.3) is 5.91 Å². The second-order valence-corrected chi connectivity index (χ2v) is 6.39. The smallest absolute Gasteiger partial charge is 0.328 e. The first kappa shape index (κ1) is 15.3. The van der Waals surface area contributed by atoms with Crippen molar-refractivity contribution < 1.29 is 14.7 Å². The Balaban J connectivity index is 2.24. The summed E-state index contributed by atoms with van der Waals surface area (Å²) in [5.41, 5.74) is 2.46. The molecule has 1 fully saturated rings. The van der Waals surface area contributed by atoms with Crippen molar-refractivity contribution in [3.63, 3.8) is 0 Å². The van der Waals surface area contributed by atoms with Crippen LogP contribution >= 0.6 is 0 Å². The fourth-order valence-corrected chi connectivity index (χ4v) is 2.60. The van der Waals surface area contributed by atoms with Crippen LogP contribution in [0, 0.1) is 12.3 Å². The largest absolute Gasteiger partial charge is 0.478 e. The molecule has 1 saturated heterocycles. The van der Waals surface area contributed by atoms with E-state index < -0.39 is 5.97 Å². The molecule has 1 amide bonds. The number of likely N-dealkylation sites (tertiary alicyclic amines) is 1. The molecule has 1 aromatic rings. The number of rotatable bonds is 3. The SMILES string of the molecule is Cc1ccc(/C=C/C(=O)O)cc1C(=O)N1CCC(C)(C)C1. The number of nitrogens with zero attached hydrogens (tertiary/aromatic N) is 1. The van der Waals surface area contributed by atoms with Crippen molar-refractivity contribution in [2.45, 2.75) is 27.2 Å². The molecule has 0 atom stereocenters. The molecule has 1 heterocycles. The van der Waals surface area contributed by atoms with E-state index in [0.717, 1.165) is 36.7 Å². The molecule has 0 unspecified atom stereocenters. The quantitative estimate of drug-likeness (QED) is 0.870. The number of carbonyl (C=O) groups excluding carboxylic acids is 1. The zero-order chi connectivity index (χ0) is 15.6. The Hall–Kier alpha value is -2.10. The monoisotopic (exact) mass is 287 g/mol. The molecule has 1 aliphatic heterocycles. The summed E-state index contributed by atoms with van der Waals surface area (Å²) in [5, 5.41) is 8.68. The third kappa shape index (κ3) is 3.72. The molecule has 1 N–H and O–H groups in total. The standard InChI is InChI=1S/C17H21NO3/c1-12-4-5-13(6-7-15(19)20)10-14(12)16(21)18-9-8-17(2,3)11-18/h4-7,10H,8-9,11H2,1-3H3,(H,19,20)/b7-6+. The average Bonchev–Trinajstić information content (AvgIpc) is 2.77. The van der Waals surface area contributed by atoms with Gasteiger partial charge in [-0.05, 0) is 42.0 Å². The number of hydrogen-bond acceptors (Lipinski definition) is 2. The van der Waals surface area contributed by atoms with Gasteiger partial charge in [0.15, 0.2) is 0 Å². The van der Waals surface area contributed by atoms with E-state index in [1.807, 2.05) is 24.0 Å². The van der Waals surface area contributed by atoms with Crippen LogP contribution in [0.2, 0.25) is 0 Å². The number of hydrogen-bond donors (Lipinski definition) is 1. The highest BCUT2D eigenvalue weighted by molar-refractivity contribution is 5.96. The van der Waals surface area contributed by atoms with E-state index in [1.165, 1.54) is 6.08 Å². The lowest BCUT2D eigenvalue weighted by atomic mass is 9.93. The fourth-order valence-electron chi connectivity index (χ4n) is 2.60. The molecule has 0 saturated carbocycles. The number of aryl methyl sites for hydroxylation is 1. The van der Waals surface area contributed by atoms with Gasteiger partial charge in [-0.3, -0.25) is 4.79 Å². The highest BCUT2D eigenvalue weighted by atomic mass is 16.4. The highest BCUT2D eigenvalue weighted by Crippen LogP contribution is 2.30. The lowest BCUT2D eigenvalue weighted by Gasteiger charge is -2.20. The number of carboxylic acid groups (broad SMARTS) is 1. The van der Waals surface area contributed by atoms with Gasteiger partial charge in [0.05, 0.1) is 0 Å². The Morgan fingerprint density at radius 3 is 2.62 bits per heavy atom. The maximum absolute atomic E-state index is 12.6. The molecule has 112 valence electrons. The Bertz CT molecular complexity index is 602. The van der Waals surface area contributed by atoms with Crippen molar-refractivity contribution in [2.75, 3.05) is 13.1 Å². The Kier molecular flexibility index (Phi) is 4.16. The van der Waals surface area contributed by atoms with Gasteiger partial charge >= 0.3 is 5.97 Å². The zero-order valence-electron chi connectivity index (χ0n) is 12.7. The summed E-state index contributed by atoms with van der Waals surface area (Å²) in [5.74, 6) is -0.964. The van der Waals surface area contributed by atoms with E-state index in [1.54, 1.807) is 6.07 Å². The third-order valence-electron chi connectivity index (χ3n) is 3.87. The summed E-state index contributed by atoms with van der Waals surface area (Å²) < 4.78 is 0. The van der Waals surface area contributed by atoms with Crippen molar-refractivity contribution in [1.29, 1.82) is 0 Å². The van der Waals surface area contributed by atoms with Gasteiger partial charge in [-0.25, -0.2) is 4.79 Å². The summed E-state index contributed by atoms with van der Waals surface area (Å²) in [7, 11) is 0. The van der Waals surface area contributed by atoms with Crippen molar-refractivity contribution in [2.24, 2.45) is 5.41 Å². The molecular weight excluding hydrogens is 266 g/mol. The van der Waals surface area contributed by atoms with E-state index in [4.69, 9.17) is 5.11 Å². The van der Waals surface area contributed by atoms with E-state index >= 15 is 0 Å². The Morgan fingerprint density at radius 2 is 2.05 bits per heavy atom. The molecular formula is C17H21NO3. The van der Waals surface area contributed by atoms with Crippen LogP contribution in [0.4, 0.5) is 0 Å². The van der Waals surface area contributed by atoms with Gasteiger partial charge in [0.1, 0.15) is 0 Å². The second kappa shape index (κ2) is 5.72. The minimum Gasteiger partial charge on any atom is -0.478 e. The highest BCUT2D eigenvalue weighted by Gasteiger charge is 2.32. The lowest BCUT2D eigenvalue weighted by molar-refractivity contribution is -0.131. The van der Waals surface area contributed by atoms with E-state index in [0.29, 0.717) is 5.56 Å². The van der Waals surface area contributed by atoms with Gasteiger partial charge < -0.3 is 10.0 Å². The van der Waals surface area contributed by atoms with Gasteiger partial charge in [0, 0.05) is 24.7 Å².